The first-order chi connectivity index (χ1) is 15.8. The second-order valence-corrected chi connectivity index (χ2v) is 10.4. The molecule has 1 aliphatic rings. The topological polar surface area (TPSA) is 147 Å². The number of anilines is 2. The summed E-state index contributed by atoms with van der Waals surface area (Å²) in [6.07, 6.45) is 5.84. The summed E-state index contributed by atoms with van der Waals surface area (Å²) in [6.45, 7) is 6.89. The summed E-state index contributed by atoms with van der Waals surface area (Å²) in [5.41, 5.74) is 9.25. The molecular formula is C21H25N9O2S. The Morgan fingerprint density at radius 3 is 2.73 bits per heavy atom. The van der Waals surface area contributed by atoms with Crippen LogP contribution in [0.2, 0.25) is 0 Å². The number of rotatable bonds is 7. The number of nitrogens with two attached hydrogens (primary N) is 1. The van der Waals surface area contributed by atoms with Crippen molar-refractivity contribution in [1.29, 1.82) is 0 Å². The maximum absolute atomic E-state index is 12.5. The number of fused-ring (bicyclic) bond motifs is 1. The van der Waals surface area contributed by atoms with E-state index < -0.39 is 10.0 Å². The van der Waals surface area contributed by atoms with E-state index in [-0.39, 0.29) is 11.3 Å². The van der Waals surface area contributed by atoms with E-state index in [2.05, 4.69) is 43.8 Å². The molecule has 0 bridgehead atoms. The molecule has 1 aliphatic carbocycles. The average molecular weight is 468 g/mol. The first-order valence-corrected chi connectivity index (χ1v) is 12.3. The molecule has 172 valence electrons. The van der Waals surface area contributed by atoms with Crippen molar-refractivity contribution < 1.29 is 8.42 Å². The Balaban J connectivity index is 1.61. The van der Waals surface area contributed by atoms with Crippen LogP contribution in [0.3, 0.4) is 0 Å². The predicted octanol–water partition coefficient (Wildman–Crippen LogP) is 2.69. The average Bonchev–Trinajstić information content (AvgIpc) is 3.41. The minimum Gasteiger partial charge on any atom is -0.384 e. The Hall–Kier alpha value is -3.54. The van der Waals surface area contributed by atoms with Gasteiger partial charge in [-0.15, -0.1) is 0 Å². The SMILES string of the molecule is CCNc1nc2c(-c3ccnc(-c4cnn(S(=O)(=O)C5CC5)c4)n3)nc(N)cc2n1C(C)C. The fourth-order valence-corrected chi connectivity index (χ4v) is 5.28. The Morgan fingerprint density at radius 2 is 2.03 bits per heavy atom. The summed E-state index contributed by atoms with van der Waals surface area (Å²) in [6, 6.07) is 3.69. The Kier molecular flexibility index (Phi) is 5.04. The van der Waals surface area contributed by atoms with Crippen molar-refractivity contribution in [2.45, 2.75) is 44.9 Å². The molecule has 4 heterocycles. The fourth-order valence-electron chi connectivity index (χ4n) is 3.80. The van der Waals surface area contributed by atoms with E-state index in [1.165, 1.54) is 12.4 Å². The minimum absolute atomic E-state index is 0.152. The first-order valence-electron chi connectivity index (χ1n) is 10.8. The van der Waals surface area contributed by atoms with Crippen LogP contribution in [0.15, 0.2) is 30.7 Å². The van der Waals surface area contributed by atoms with Crippen LogP contribution in [-0.4, -0.2) is 53.9 Å². The van der Waals surface area contributed by atoms with Crippen molar-refractivity contribution in [3.05, 3.63) is 30.7 Å². The van der Waals surface area contributed by atoms with E-state index in [0.717, 1.165) is 22.1 Å². The highest BCUT2D eigenvalue weighted by atomic mass is 32.2. The van der Waals surface area contributed by atoms with Crippen molar-refractivity contribution >= 4 is 32.8 Å². The zero-order valence-electron chi connectivity index (χ0n) is 18.6. The van der Waals surface area contributed by atoms with Crippen LogP contribution in [0.25, 0.3) is 33.8 Å². The van der Waals surface area contributed by atoms with Crippen LogP contribution in [0, 0.1) is 0 Å². The summed E-state index contributed by atoms with van der Waals surface area (Å²) < 4.78 is 28.0. The first kappa shape index (κ1) is 21.3. The van der Waals surface area contributed by atoms with Gasteiger partial charge in [0.15, 0.2) is 5.82 Å². The lowest BCUT2D eigenvalue weighted by atomic mass is 10.2. The smallest absolute Gasteiger partial charge is 0.256 e. The van der Waals surface area contributed by atoms with Crippen molar-refractivity contribution in [3.8, 4) is 22.8 Å². The molecule has 3 N–H and O–H groups in total. The Bertz CT molecular complexity index is 1450. The molecule has 33 heavy (non-hydrogen) atoms. The number of pyridine rings is 1. The number of imidazole rings is 1. The van der Waals surface area contributed by atoms with Gasteiger partial charge in [-0.2, -0.15) is 9.19 Å². The van der Waals surface area contributed by atoms with Crippen molar-refractivity contribution in [2.75, 3.05) is 17.6 Å². The van der Waals surface area contributed by atoms with Gasteiger partial charge in [-0.05, 0) is 39.7 Å². The highest BCUT2D eigenvalue weighted by Gasteiger charge is 2.37. The lowest BCUT2D eigenvalue weighted by Gasteiger charge is -2.13. The number of nitrogens with one attached hydrogen (secondary N) is 1. The van der Waals surface area contributed by atoms with E-state index in [9.17, 15) is 8.42 Å². The van der Waals surface area contributed by atoms with E-state index in [0.29, 0.717) is 47.0 Å². The monoisotopic (exact) mass is 467 g/mol. The van der Waals surface area contributed by atoms with Crippen LogP contribution in [0.4, 0.5) is 11.8 Å². The maximum atomic E-state index is 12.5. The third-order valence-electron chi connectivity index (χ3n) is 5.47. The number of hydrogen-bond acceptors (Lipinski definition) is 9. The highest BCUT2D eigenvalue weighted by Crippen LogP contribution is 2.33. The van der Waals surface area contributed by atoms with Gasteiger partial charge in [0.1, 0.15) is 17.0 Å². The van der Waals surface area contributed by atoms with Gasteiger partial charge in [-0.1, -0.05) is 0 Å². The second-order valence-electron chi connectivity index (χ2n) is 8.30. The Labute approximate surface area is 191 Å². The van der Waals surface area contributed by atoms with E-state index in [1.807, 2.05) is 13.0 Å². The molecule has 0 aromatic carbocycles. The molecule has 4 aromatic rings. The van der Waals surface area contributed by atoms with Gasteiger partial charge < -0.3 is 15.6 Å². The molecule has 12 heteroatoms. The summed E-state index contributed by atoms with van der Waals surface area (Å²) in [5, 5.41) is 6.97. The zero-order valence-corrected chi connectivity index (χ0v) is 19.4. The molecule has 1 fully saturated rings. The van der Waals surface area contributed by atoms with Crippen molar-refractivity contribution in [2.24, 2.45) is 0 Å². The van der Waals surface area contributed by atoms with Gasteiger partial charge in [0, 0.05) is 24.8 Å². The summed E-state index contributed by atoms with van der Waals surface area (Å²) in [7, 11) is -3.46. The summed E-state index contributed by atoms with van der Waals surface area (Å²) >= 11 is 0. The second kappa shape index (κ2) is 7.80. The van der Waals surface area contributed by atoms with Crippen molar-refractivity contribution in [1.82, 2.24) is 33.7 Å². The van der Waals surface area contributed by atoms with Crippen molar-refractivity contribution in [3.63, 3.8) is 0 Å². The van der Waals surface area contributed by atoms with E-state index in [4.69, 9.17) is 10.7 Å². The van der Waals surface area contributed by atoms with Gasteiger partial charge in [-0.3, -0.25) is 0 Å². The third kappa shape index (κ3) is 3.69. The third-order valence-corrected chi connectivity index (χ3v) is 7.51. The molecule has 5 rings (SSSR count). The highest BCUT2D eigenvalue weighted by molar-refractivity contribution is 7.90. The normalized spacial score (nSPS) is 14.3. The van der Waals surface area contributed by atoms with Gasteiger partial charge in [-0.25, -0.2) is 28.4 Å². The zero-order chi connectivity index (χ0) is 23.3. The molecule has 0 radical (unpaired) electrons. The molecule has 0 unspecified atom stereocenters. The number of nitrogens with zero attached hydrogens (tertiary/aromatic N) is 7. The Morgan fingerprint density at radius 1 is 1.24 bits per heavy atom. The molecule has 11 nitrogen and oxygen atoms in total. The molecule has 4 aromatic heterocycles. The molecule has 0 saturated heterocycles. The minimum atomic E-state index is -3.46. The van der Waals surface area contributed by atoms with E-state index >= 15 is 0 Å². The quantitative estimate of drug-likeness (QED) is 0.418. The van der Waals surface area contributed by atoms with Gasteiger partial charge in [0.05, 0.1) is 34.4 Å². The molecule has 0 aliphatic heterocycles. The van der Waals surface area contributed by atoms with Gasteiger partial charge in [0.2, 0.25) is 5.95 Å². The number of hydrogen-bond donors (Lipinski definition) is 2. The maximum Gasteiger partial charge on any atom is 0.256 e. The molecule has 0 spiro atoms. The number of aromatic nitrogens is 7. The lowest BCUT2D eigenvalue weighted by Crippen LogP contribution is -2.17. The summed E-state index contributed by atoms with van der Waals surface area (Å²) in [4.78, 5) is 18.3. The van der Waals surface area contributed by atoms with Gasteiger partial charge >= 0.3 is 0 Å². The van der Waals surface area contributed by atoms with Crippen LogP contribution >= 0.6 is 0 Å². The molecule has 0 atom stereocenters. The molecule has 0 amide bonds. The fraction of sp³-hybridized carbons (Fsp3) is 0.381. The largest absolute Gasteiger partial charge is 0.384 e. The lowest BCUT2D eigenvalue weighted by molar-refractivity contribution is 0.578. The number of nitrogen functional groups attached to an aromatic ring is 1. The van der Waals surface area contributed by atoms with Crippen LogP contribution in [-0.2, 0) is 10.0 Å². The van der Waals surface area contributed by atoms with Gasteiger partial charge in [0.25, 0.3) is 10.0 Å². The predicted molar refractivity (Wildman–Crippen MR) is 126 cm³/mol. The molecule has 1 saturated carbocycles. The van der Waals surface area contributed by atoms with Crippen LogP contribution in [0.1, 0.15) is 39.7 Å². The van der Waals surface area contributed by atoms with Crippen LogP contribution < -0.4 is 11.1 Å². The summed E-state index contributed by atoms with van der Waals surface area (Å²) in [5.74, 6) is 1.43. The van der Waals surface area contributed by atoms with E-state index in [1.54, 1.807) is 12.3 Å². The standard InChI is InChI=1S/C21H25N9O2S/c1-4-23-21-28-19-16(30(21)12(2)3)9-17(22)27-18(19)15-7-8-24-20(26-15)13-10-25-29(11-13)33(31,32)14-5-6-14/h7-12,14H,4-6H2,1-3H3,(H2,22,27)(H,23,28). The molecular weight excluding hydrogens is 442 g/mol. The van der Waals surface area contributed by atoms with Crippen LogP contribution in [0.5, 0.6) is 0 Å².